The number of benzene rings is 3. The molecule has 3 aromatic rings. The summed E-state index contributed by atoms with van der Waals surface area (Å²) in [5.74, 6) is -0.855. The van der Waals surface area contributed by atoms with E-state index in [1.807, 2.05) is 0 Å². The molecule has 232 valence electrons. The van der Waals surface area contributed by atoms with E-state index in [0.29, 0.717) is 61.8 Å². The average Bonchev–Trinajstić information content (AvgIpc) is 3.86. The highest BCUT2D eigenvalue weighted by Crippen LogP contribution is 2.46. The molecule has 3 aromatic carbocycles. The Kier molecular flexibility index (Phi) is 9.99. The minimum atomic E-state index is -4.45. The van der Waals surface area contributed by atoms with Crippen LogP contribution in [0.5, 0.6) is 0 Å². The Balaban J connectivity index is 1.29. The second kappa shape index (κ2) is 14.1. The number of nitrogen functional groups attached to an aromatic ring is 1. The van der Waals surface area contributed by atoms with Gasteiger partial charge in [-0.3, -0.25) is 14.5 Å². The van der Waals surface area contributed by atoms with E-state index in [-0.39, 0.29) is 23.3 Å². The van der Waals surface area contributed by atoms with Gasteiger partial charge in [0.25, 0.3) is 0 Å². The van der Waals surface area contributed by atoms with E-state index in [0.717, 1.165) is 24.7 Å². The third kappa shape index (κ3) is 8.46. The number of amides is 2. The molecule has 2 amide bonds. The SMILES string of the molecule is Nc1ccccc1NC(=O)/C=C/c1ccc(C(NCCN2CCOCC2)C(=O)Nc2ccc(C(F)(F)F)c(C3CC3)c2)cc1. The van der Waals surface area contributed by atoms with Crippen molar-refractivity contribution in [3.63, 3.8) is 0 Å². The van der Waals surface area contributed by atoms with Crippen molar-refractivity contribution in [2.24, 2.45) is 0 Å². The van der Waals surface area contributed by atoms with E-state index in [9.17, 15) is 22.8 Å². The number of alkyl halides is 3. The molecule has 2 aliphatic rings. The zero-order valence-electron chi connectivity index (χ0n) is 24.2. The van der Waals surface area contributed by atoms with Crippen molar-refractivity contribution in [2.75, 3.05) is 55.8 Å². The molecule has 1 atom stereocenters. The number of carbonyl (C=O) groups excluding carboxylic acids is 2. The van der Waals surface area contributed by atoms with E-state index in [2.05, 4.69) is 20.9 Å². The van der Waals surface area contributed by atoms with Gasteiger partial charge in [-0.2, -0.15) is 13.2 Å². The number of halogens is 3. The van der Waals surface area contributed by atoms with Crippen LogP contribution in [0.3, 0.4) is 0 Å². The van der Waals surface area contributed by atoms with E-state index >= 15 is 0 Å². The van der Waals surface area contributed by atoms with Crippen LogP contribution in [0.4, 0.5) is 30.2 Å². The standard InChI is InChI=1S/C33H36F3N5O3/c34-33(35,36)27-13-12-25(21-26(27)23-10-11-23)39-32(43)31(38-15-16-41-17-19-44-20-18-41)24-8-5-22(6-9-24)7-14-30(42)40-29-4-2-1-3-28(29)37/h1-9,12-14,21,23,31,38H,10-11,15-20,37H2,(H,39,43)(H,40,42)/b14-7+. The molecular weight excluding hydrogens is 571 g/mol. The lowest BCUT2D eigenvalue weighted by molar-refractivity contribution is -0.138. The fraction of sp³-hybridized carbons (Fsp3) is 0.333. The lowest BCUT2D eigenvalue weighted by atomic mass is 10.0. The van der Waals surface area contributed by atoms with Crippen molar-refractivity contribution < 1.29 is 27.5 Å². The molecule has 1 aliphatic carbocycles. The Morgan fingerprint density at radius 2 is 1.73 bits per heavy atom. The maximum Gasteiger partial charge on any atom is 0.416 e. The van der Waals surface area contributed by atoms with Gasteiger partial charge in [0.2, 0.25) is 11.8 Å². The van der Waals surface area contributed by atoms with Gasteiger partial charge in [0, 0.05) is 37.9 Å². The third-order valence-corrected chi connectivity index (χ3v) is 7.70. The number of anilines is 3. The molecule has 0 spiro atoms. The molecule has 1 heterocycles. The number of ether oxygens (including phenoxy) is 1. The minimum Gasteiger partial charge on any atom is -0.397 e. The van der Waals surface area contributed by atoms with E-state index in [4.69, 9.17) is 10.5 Å². The van der Waals surface area contributed by atoms with Gasteiger partial charge in [-0.05, 0) is 71.9 Å². The molecule has 1 saturated heterocycles. The highest BCUT2D eigenvalue weighted by atomic mass is 19.4. The quantitative estimate of drug-likeness (QED) is 0.171. The van der Waals surface area contributed by atoms with Crippen LogP contribution in [-0.4, -0.2) is 56.1 Å². The molecule has 0 bridgehead atoms. The Morgan fingerprint density at radius 1 is 1.00 bits per heavy atom. The number of hydrogen-bond donors (Lipinski definition) is 4. The monoisotopic (exact) mass is 607 g/mol. The van der Waals surface area contributed by atoms with Crippen LogP contribution in [0, 0.1) is 0 Å². The lowest BCUT2D eigenvalue weighted by Crippen LogP contribution is -2.42. The number of morpholine rings is 1. The van der Waals surface area contributed by atoms with Crippen molar-refractivity contribution >= 4 is 35.0 Å². The van der Waals surface area contributed by atoms with Gasteiger partial charge < -0.3 is 26.4 Å². The van der Waals surface area contributed by atoms with Gasteiger partial charge in [0.15, 0.2) is 0 Å². The summed E-state index contributed by atoms with van der Waals surface area (Å²) in [6.07, 6.45) is 0.00875. The second-order valence-corrected chi connectivity index (χ2v) is 11.0. The normalized spacial score (nSPS) is 16.5. The Bertz CT molecular complexity index is 1480. The molecule has 1 unspecified atom stereocenters. The predicted molar refractivity (Wildman–Crippen MR) is 165 cm³/mol. The topological polar surface area (TPSA) is 109 Å². The maximum atomic E-state index is 13.6. The molecule has 5 N–H and O–H groups in total. The van der Waals surface area contributed by atoms with Gasteiger partial charge in [-0.15, -0.1) is 0 Å². The van der Waals surface area contributed by atoms with Crippen molar-refractivity contribution in [1.29, 1.82) is 0 Å². The highest BCUT2D eigenvalue weighted by Gasteiger charge is 2.38. The number of hydrogen-bond acceptors (Lipinski definition) is 6. The van der Waals surface area contributed by atoms with Crippen LogP contribution >= 0.6 is 0 Å². The molecule has 5 rings (SSSR count). The molecule has 1 aliphatic heterocycles. The van der Waals surface area contributed by atoms with Crippen LogP contribution in [0.25, 0.3) is 6.08 Å². The summed E-state index contributed by atoms with van der Waals surface area (Å²) in [4.78, 5) is 28.2. The van der Waals surface area contributed by atoms with Crippen LogP contribution in [0.15, 0.2) is 72.8 Å². The first-order valence-electron chi connectivity index (χ1n) is 14.7. The smallest absolute Gasteiger partial charge is 0.397 e. The number of nitrogens with one attached hydrogen (secondary N) is 3. The zero-order chi connectivity index (χ0) is 31.1. The lowest BCUT2D eigenvalue weighted by Gasteiger charge is -2.27. The van der Waals surface area contributed by atoms with Crippen LogP contribution < -0.4 is 21.7 Å². The number of nitrogens with two attached hydrogens (primary N) is 1. The number of para-hydroxylation sites is 2. The second-order valence-electron chi connectivity index (χ2n) is 11.0. The molecule has 11 heteroatoms. The van der Waals surface area contributed by atoms with Gasteiger partial charge in [-0.25, -0.2) is 0 Å². The van der Waals surface area contributed by atoms with Gasteiger partial charge in [-0.1, -0.05) is 36.4 Å². The molecule has 8 nitrogen and oxygen atoms in total. The molecule has 44 heavy (non-hydrogen) atoms. The summed E-state index contributed by atoms with van der Waals surface area (Å²) < 4.78 is 46.1. The largest absolute Gasteiger partial charge is 0.416 e. The number of carbonyl (C=O) groups is 2. The summed E-state index contributed by atoms with van der Waals surface area (Å²) >= 11 is 0. The zero-order valence-corrected chi connectivity index (χ0v) is 24.2. The van der Waals surface area contributed by atoms with Crippen LogP contribution in [0.1, 0.15) is 47.1 Å². The van der Waals surface area contributed by atoms with Crippen LogP contribution in [0.2, 0.25) is 0 Å². The van der Waals surface area contributed by atoms with E-state index in [1.165, 1.54) is 18.2 Å². The third-order valence-electron chi connectivity index (χ3n) is 7.70. The minimum absolute atomic E-state index is 0.140. The first kappa shape index (κ1) is 31.2. The van der Waals surface area contributed by atoms with Gasteiger partial charge in [0.1, 0.15) is 6.04 Å². The molecule has 2 fully saturated rings. The molecule has 0 aromatic heterocycles. The van der Waals surface area contributed by atoms with Crippen molar-refractivity contribution in [1.82, 2.24) is 10.2 Å². The highest BCUT2D eigenvalue weighted by molar-refractivity contribution is 6.03. The summed E-state index contributed by atoms with van der Waals surface area (Å²) in [5.41, 5.74) is 8.19. The first-order valence-corrected chi connectivity index (χ1v) is 14.7. The Hall–Kier alpha value is -4.19. The number of nitrogens with zero attached hydrogens (tertiary/aromatic N) is 1. The number of rotatable bonds is 11. The fourth-order valence-electron chi connectivity index (χ4n) is 5.16. The predicted octanol–water partition coefficient (Wildman–Crippen LogP) is 5.42. The summed E-state index contributed by atoms with van der Waals surface area (Å²) in [6, 6.07) is 17.2. The van der Waals surface area contributed by atoms with Crippen molar-refractivity contribution in [3.8, 4) is 0 Å². The van der Waals surface area contributed by atoms with Crippen molar-refractivity contribution in [2.45, 2.75) is 31.0 Å². The van der Waals surface area contributed by atoms with E-state index in [1.54, 1.807) is 54.6 Å². The van der Waals surface area contributed by atoms with Crippen LogP contribution in [-0.2, 0) is 20.5 Å². The maximum absolute atomic E-state index is 13.6. The molecule has 0 radical (unpaired) electrons. The molecule has 1 saturated carbocycles. The average molecular weight is 608 g/mol. The summed E-state index contributed by atoms with van der Waals surface area (Å²) in [6.45, 7) is 4.16. The van der Waals surface area contributed by atoms with Crippen molar-refractivity contribution in [3.05, 3.63) is 95.1 Å². The van der Waals surface area contributed by atoms with Gasteiger partial charge >= 0.3 is 6.18 Å². The Morgan fingerprint density at radius 3 is 2.41 bits per heavy atom. The Labute approximate surface area is 254 Å². The van der Waals surface area contributed by atoms with Gasteiger partial charge in [0.05, 0.1) is 30.2 Å². The summed E-state index contributed by atoms with van der Waals surface area (Å²) in [5, 5.41) is 8.89. The molecular formula is C33H36F3N5O3. The fourth-order valence-corrected chi connectivity index (χ4v) is 5.16. The summed E-state index contributed by atoms with van der Waals surface area (Å²) in [7, 11) is 0. The van der Waals surface area contributed by atoms with E-state index < -0.39 is 17.8 Å². The first-order chi connectivity index (χ1) is 21.2.